The van der Waals surface area contributed by atoms with E-state index < -0.39 is 10.7 Å². The van der Waals surface area contributed by atoms with Crippen molar-refractivity contribution in [3.8, 4) is 11.3 Å². The van der Waals surface area contributed by atoms with Gasteiger partial charge >= 0.3 is 5.97 Å². The Morgan fingerprint density at radius 1 is 1.11 bits per heavy atom. The van der Waals surface area contributed by atoms with E-state index >= 15 is 0 Å². The fourth-order valence-electron chi connectivity index (χ4n) is 3.40. The summed E-state index contributed by atoms with van der Waals surface area (Å²) in [6, 6.07) is 8.24. The van der Waals surface area contributed by atoms with E-state index in [-0.39, 0.29) is 12.4 Å². The molecule has 8 nitrogen and oxygen atoms in total. The first-order chi connectivity index (χ1) is 17.3. The molecular formula is C26H29ClN6O2S2. The fourth-order valence-corrected chi connectivity index (χ4v) is 5.63. The summed E-state index contributed by atoms with van der Waals surface area (Å²) in [6.45, 7) is 6.75. The van der Waals surface area contributed by atoms with E-state index in [9.17, 15) is 9.90 Å². The lowest BCUT2D eigenvalue weighted by Gasteiger charge is -2.23. The number of halogens is 1. The van der Waals surface area contributed by atoms with Gasteiger partial charge in [-0.2, -0.15) is 0 Å². The molecule has 0 fully saturated rings. The van der Waals surface area contributed by atoms with Crippen LogP contribution < -0.4 is 4.90 Å². The lowest BCUT2D eigenvalue weighted by atomic mass is 10.1. The molecule has 0 aliphatic rings. The number of thioether (sulfide) groups is 1. The first-order valence-electron chi connectivity index (χ1n) is 11.6. The highest BCUT2D eigenvalue weighted by atomic mass is 35.5. The zero-order valence-corrected chi connectivity index (χ0v) is 23.3. The van der Waals surface area contributed by atoms with Crippen LogP contribution in [0, 0.1) is 0 Å². The summed E-state index contributed by atoms with van der Waals surface area (Å²) in [6.07, 6.45) is 10.4. The van der Waals surface area contributed by atoms with E-state index in [1.54, 1.807) is 32.4 Å². The quantitative estimate of drug-likeness (QED) is 0.237. The third kappa shape index (κ3) is 7.70. The standard InChI is InChI=1S/C26H28N6O2S2.ClH/c1-4-18-13-29-24(30-14-18)32(11-8-21-17-35-25(31-21)36-26(2,3)23(33)34)16-19-6-5-7-20(12-19)22-15-27-9-10-28-22;/h5-7,9-10,12-15,17H,4,8,11,16H2,1-3H3,(H,33,34);1H. The molecular weight excluding hydrogens is 528 g/mol. The Hall–Kier alpha value is -3.08. The van der Waals surface area contributed by atoms with Crippen molar-refractivity contribution in [2.24, 2.45) is 0 Å². The smallest absolute Gasteiger partial charge is 0.319 e. The third-order valence-electron chi connectivity index (χ3n) is 5.57. The van der Waals surface area contributed by atoms with Gasteiger partial charge in [-0.3, -0.25) is 14.8 Å². The van der Waals surface area contributed by atoms with Crippen molar-refractivity contribution >= 4 is 47.4 Å². The maximum absolute atomic E-state index is 11.5. The van der Waals surface area contributed by atoms with Crippen LogP contribution in [0.3, 0.4) is 0 Å². The van der Waals surface area contributed by atoms with Crippen LogP contribution in [-0.4, -0.2) is 47.3 Å². The molecule has 0 saturated heterocycles. The second-order valence-electron chi connectivity index (χ2n) is 8.73. The predicted octanol–water partition coefficient (Wildman–Crippen LogP) is 5.58. The Labute approximate surface area is 231 Å². The molecule has 3 aromatic heterocycles. The zero-order valence-electron chi connectivity index (χ0n) is 20.9. The molecule has 11 heteroatoms. The largest absolute Gasteiger partial charge is 0.480 e. The lowest BCUT2D eigenvalue weighted by molar-refractivity contribution is -0.138. The van der Waals surface area contributed by atoms with Crippen LogP contribution in [-0.2, 0) is 24.2 Å². The monoisotopic (exact) mass is 556 g/mol. The maximum atomic E-state index is 11.5. The average molecular weight is 557 g/mol. The van der Waals surface area contributed by atoms with Gasteiger partial charge in [-0.1, -0.05) is 36.9 Å². The zero-order chi connectivity index (χ0) is 25.5. The van der Waals surface area contributed by atoms with Crippen molar-refractivity contribution in [3.05, 3.63) is 77.5 Å². The number of thiazole rings is 1. The van der Waals surface area contributed by atoms with E-state index in [4.69, 9.17) is 0 Å². The first-order valence-corrected chi connectivity index (χ1v) is 13.3. The Bertz CT molecular complexity index is 1300. The van der Waals surface area contributed by atoms with Crippen molar-refractivity contribution in [2.75, 3.05) is 11.4 Å². The van der Waals surface area contributed by atoms with Gasteiger partial charge in [0.2, 0.25) is 5.95 Å². The third-order valence-corrected chi connectivity index (χ3v) is 7.74. The number of carbonyl (C=O) groups is 1. The van der Waals surface area contributed by atoms with E-state index in [0.717, 1.165) is 38.8 Å². The highest BCUT2D eigenvalue weighted by Gasteiger charge is 2.29. The van der Waals surface area contributed by atoms with Crippen molar-refractivity contribution in [1.29, 1.82) is 0 Å². The Morgan fingerprint density at radius 2 is 1.89 bits per heavy atom. The van der Waals surface area contributed by atoms with Gasteiger partial charge in [-0.05, 0) is 37.5 Å². The number of hydrogen-bond donors (Lipinski definition) is 1. The van der Waals surface area contributed by atoms with E-state index in [2.05, 4.69) is 48.9 Å². The van der Waals surface area contributed by atoms with E-state index in [1.165, 1.54) is 23.1 Å². The van der Waals surface area contributed by atoms with Gasteiger partial charge in [0, 0.05) is 55.2 Å². The minimum Gasteiger partial charge on any atom is -0.480 e. The molecule has 0 aliphatic heterocycles. The number of anilines is 1. The van der Waals surface area contributed by atoms with Crippen LogP contribution in [0.4, 0.5) is 5.95 Å². The Balaban J connectivity index is 0.00000380. The second kappa shape index (κ2) is 12.9. The first kappa shape index (κ1) is 28.5. The van der Waals surface area contributed by atoms with E-state index in [0.29, 0.717) is 25.5 Å². The van der Waals surface area contributed by atoms with Gasteiger partial charge in [0.15, 0.2) is 4.34 Å². The van der Waals surface area contributed by atoms with Crippen molar-refractivity contribution in [1.82, 2.24) is 24.9 Å². The summed E-state index contributed by atoms with van der Waals surface area (Å²) in [7, 11) is 0. The van der Waals surface area contributed by atoms with Crippen LogP contribution in [0.5, 0.6) is 0 Å². The summed E-state index contributed by atoms with van der Waals surface area (Å²) in [5.74, 6) is -0.194. The number of aryl methyl sites for hydroxylation is 1. The molecule has 0 aliphatic carbocycles. The lowest BCUT2D eigenvalue weighted by Crippen LogP contribution is -2.27. The Kier molecular flexibility index (Phi) is 9.96. The molecule has 3 heterocycles. The highest BCUT2D eigenvalue weighted by molar-refractivity contribution is 8.03. The molecule has 1 aromatic carbocycles. The average Bonchev–Trinajstić information content (AvgIpc) is 3.33. The molecule has 1 N–H and O–H groups in total. The predicted molar refractivity (Wildman–Crippen MR) is 151 cm³/mol. The number of benzene rings is 1. The topological polar surface area (TPSA) is 105 Å². The number of aliphatic carboxylic acids is 1. The van der Waals surface area contributed by atoms with Crippen LogP contribution in [0.1, 0.15) is 37.6 Å². The van der Waals surface area contributed by atoms with Crippen LogP contribution in [0.2, 0.25) is 0 Å². The molecule has 0 atom stereocenters. The molecule has 0 bridgehead atoms. The summed E-state index contributed by atoms with van der Waals surface area (Å²) in [5.41, 5.74) is 4.95. The summed E-state index contributed by atoms with van der Waals surface area (Å²) in [4.78, 5) is 36.1. The normalized spacial score (nSPS) is 11.1. The van der Waals surface area contributed by atoms with Crippen LogP contribution >= 0.6 is 35.5 Å². The molecule has 194 valence electrons. The summed E-state index contributed by atoms with van der Waals surface area (Å²) in [5, 5.41) is 11.4. The van der Waals surface area contributed by atoms with Gasteiger partial charge < -0.3 is 10.0 Å². The van der Waals surface area contributed by atoms with Crippen molar-refractivity contribution in [2.45, 2.75) is 49.2 Å². The Morgan fingerprint density at radius 3 is 2.57 bits per heavy atom. The number of aromatic nitrogens is 5. The summed E-state index contributed by atoms with van der Waals surface area (Å²) >= 11 is 2.75. The maximum Gasteiger partial charge on any atom is 0.319 e. The number of rotatable bonds is 11. The molecule has 4 aromatic rings. The van der Waals surface area contributed by atoms with Gasteiger partial charge in [-0.15, -0.1) is 23.7 Å². The molecule has 0 saturated carbocycles. The number of hydrogen-bond acceptors (Lipinski definition) is 9. The SMILES string of the molecule is CCc1cnc(N(CCc2csc(SC(C)(C)C(=O)O)n2)Cc2cccc(-c3cnccn3)c2)nc1.Cl. The number of carboxylic acid groups (broad SMARTS) is 1. The molecule has 0 radical (unpaired) electrons. The number of carboxylic acids is 1. The number of nitrogens with zero attached hydrogens (tertiary/aromatic N) is 6. The summed E-state index contributed by atoms with van der Waals surface area (Å²) < 4.78 is -0.173. The molecule has 0 amide bonds. The molecule has 4 rings (SSSR count). The minimum absolute atomic E-state index is 0. The van der Waals surface area contributed by atoms with Gasteiger partial charge in [0.05, 0.1) is 17.6 Å². The van der Waals surface area contributed by atoms with Gasteiger partial charge in [0.1, 0.15) is 4.75 Å². The van der Waals surface area contributed by atoms with Crippen LogP contribution in [0.25, 0.3) is 11.3 Å². The fraction of sp³-hybridized carbons (Fsp3) is 0.308. The van der Waals surface area contributed by atoms with E-state index in [1.807, 2.05) is 29.9 Å². The second-order valence-corrected chi connectivity index (χ2v) is 11.5. The molecule has 0 unspecified atom stereocenters. The van der Waals surface area contributed by atoms with Gasteiger partial charge in [-0.25, -0.2) is 15.0 Å². The van der Waals surface area contributed by atoms with Gasteiger partial charge in [0.25, 0.3) is 0 Å². The molecule has 37 heavy (non-hydrogen) atoms. The minimum atomic E-state index is -0.926. The van der Waals surface area contributed by atoms with Crippen LogP contribution in [0.15, 0.2) is 65.0 Å². The highest BCUT2D eigenvalue weighted by Crippen LogP contribution is 2.34. The van der Waals surface area contributed by atoms with Crippen molar-refractivity contribution in [3.63, 3.8) is 0 Å². The van der Waals surface area contributed by atoms with Crippen molar-refractivity contribution < 1.29 is 9.90 Å². The molecule has 0 spiro atoms.